The molecule has 1 heterocycles. The topological polar surface area (TPSA) is 131 Å². The number of esters is 1. The normalized spacial score (nSPS) is 13.4. The number of hydrogen-bond donors (Lipinski definition) is 2. The van der Waals surface area contributed by atoms with Crippen molar-refractivity contribution in [1.29, 1.82) is 0 Å². The van der Waals surface area contributed by atoms with E-state index in [0.29, 0.717) is 5.69 Å². The molecule has 150 valence electrons. The molecule has 2 rings (SSSR count). The second-order valence-corrected chi connectivity index (χ2v) is 6.13. The van der Waals surface area contributed by atoms with Crippen molar-refractivity contribution >= 4 is 29.3 Å². The highest BCUT2D eigenvalue weighted by Crippen LogP contribution is 2.31. The molecule has 28 heavy (non-hydrogen) atoms. The van der Waals surface area contributed by atoms with Gasteiger partial charge in [-0.15, -0.1) is 6.58 Å². The van der Waals surface area contributed by atoms with Gasteiger partial charge < -0.3 is 15.0 Å². The van der Waals surface area contributed by atoms with Gasteiger partial charge in [-0.05, 0) is 31.4 Å². The molecule has 0 atom stereocenters. The number of rotatable bonds is 7. The van der Waals surface area contributed by atoms with Crippen LogP contribution in [0, 0.1) is 10.1 Å². The lowest BCUT2D eigenvalue weighted by molar-refractivity contribution is -0.384. The molecule has 10 heteroatoms. The second kappa shape index (κ2) is 10.0. The van der Waals surface area contributed by atoms with Crippen LogP contribution in [0.3, 0.4) is 0 Å². The molecular formula is C18H22N4O6. The first kappa shape index (κ1) is 20.9. The van der Waals surface area contributed by atoms with Gasteiger partial charge in [0.15, 0.2) is 6.61 Å². The minimum atomic E-state index is -0.894. The average molecular weight is 390 g/mol. The molecule has 0 radical (unpaired) electrons. The Labute approximate surface area is 161 Å². The molecule has 1 aromatic carbocycles. The van der Waals surface area contributed by atoms with Crippen molar-refractivity contribution in [1.82, 2.24) is 10.6 Å². The lowest BCUT2D eigenvalue weighted by Crippen LogP contribution is -2.41. The Morgan fingerprint density at radius 2 is 1.96 bits per heavy atom. The van der Waals surface area contributed by atoms with Gasteiger partial charge in [-0.1, -0.05) is 6.08 Å². The SMILES string of the molecule is C=CCNC(=O)NC(=O)COC(=O)c1ccc(N2CCCCC2)c([N+](=O)[O-])c1. The Balaban J connectivity index is 2.00. The van der Waals surface area contributed by atoms with E-state index in [0.717, 1.165) is 38.4 Å². The average Bonchev–Trinajstić information content (AvgIpc) is 2.70. The van der Waals surface area contributed by atoms with E-state index in [-0.39, 0.29) is 17.8 Å². The van der Waals surface area contributed by atoms with E-state index in [1.54, 1.807) is 0 Å². The van der Waals surface area contributed by atoms with E-state index in [1.807, 2.05) is 10.2 Å². The standard InChI is InChI=1S/C18H22N4O6/c1-2-8-19-18(25)20-16(23)12-28-17(24)13-6-7-14(15(11-13)22(26)27)21-9-4-3-5-10-21/h2,6-7,11H,1,3-5,8-10,12H2,(H2,19,20,23,25). The maximum atomic E-state index is 12.1. The van der Waals surface area contributed by atoms with Crippen molar-refractivity contribution in [3.05, 3.63) is 46.5 Å². The van der Waals surface area contributed by atoms with E-state index in [2.05, 4.69) is 11.9 Å². The number of carbonyl (C=O) groups excluding carboxylic acids is 3. The van der Waals surface area contributed by atoms with Gasteiger partial charge in [0.05, 0.1) is 10.5 Å². The maximum Gasteiger partial charge on any atom is 0.338 e. The largest absolute Gasteiger partial charge is 0.452 e. The summed E-state index contributed by atoms with van der Waals surface area (Å²) in [6.07, 6.45) is 4.43. The van der Waals surface area contributed by atoms with Crippen LogP contribution in [-0.2, 0) is 9.53 Å². The van der Waals surface area contributed by atoms with E-state index in [1.165, 1.54) is 18.2 Å². The Hall–Kier alpha value is -3.43. The third kappa shape index (κ3) is 5.79. The van der Waals surface area contributed by atoms with Gasteiger partial charge in [0.1, 0.15) is 5.69 Å². The summed E-state index contributed by atoms with van der Waals surface area (Å²) in [5.74, 6) is -1.72. The third-order valence-corrected chi connectivity index (χ3v) is 4.10. The Morgan fingerprint density at radius 1 is 1.25 bits per heavy atom. The van der Waals surface area contributed by atoms with Gasteiger partial charge in [-0.25, -0.2) is 9.59 Å². The van der Waals surface area contributed by atoms with E-state index in [4.69, 9.17) is 4.74 Å². The first-order valence-electron chi connectivity index (χ1n) is 8.81. The number of carbonyl (C=O) groups is 3. The number of nitro benzene ring substituents is 1. The molecule has 0 saturated carbocycles. The molecule has 0 aliphatic carbocycles. The summed E-state index contributed by atoms with van der Waals surface area (Å²) in [5, 5.41) is 15.7. The van der Waals surface area contributed by atoms with Crippen LogP contribution in [0.5, 0.6) is 0 Å². The summed E-state index contributed by atoms with van der Waals surface area (Å²) in [5.41, 5.74) is 0.221. The summed E-state index contributed by atoms with van der Waals surface area (Å²) < 4.78 is 4.83. The van der Waals surface area contributed by atoms with Crippen LogP contribution in [0.2, 0.25) is 0 Å². The van der Waals surface area contributed by atoms with Crippen LogP contribution >= 0.6 is 0 Å². The van der Waals surface area contributed by atoms with Gasteiger partial charge in [-0.3, -0.25) is 20.2 Å². The molecule has 1 fully saturated rings. The highest BCUT2D eigenvalue weighted by molar-refractivity contribution is 5.97. The number of anilines is 1. The molecule has 3 amide bonds. The molecule has 1 aromatic rings. The lowest BCUT2D eigenvalue weighted by Gasteiger charge is -2.28. The van der Waals surface area contributed by atoms with Crippen molar-refractivity contribution < 1.29 is 24.0 Å². The summed E-state index contributed by atoms with van der Waals surface area (Å²) in [6, 6.07) is 3.33. The fourth-order valence-electron chi connectivity index (χ4n) is 2.79. The first-order valence-corrected chi connectivity index (χ1v) is 8.81. The third-order valence-electron chi connectivity index (χ3n) is 4.10. The van der Waals surface area contributed by atoms with Crippen LogP contribution in [0.15, 0.2) is 30.9 Å². The van der Waals surface area contributed by atoms with Gasteiger partial charge in [0, 0.05) is 25.7 Å². The number of nitrogens with zero attached hydrogens (tertiary/aromatic N) is 2. The number of urea groups is 1. The van der Waals surface area contributed by atoms with Crippen LogP contribution in [0.1, 0.15) is 29.6 Å². The Bertz CT molecular complexity index is 773. The fourth-order valence-corrected chi connectivity index (χ4v) is 2.79. The van der Waals surface area contributed by atoms with Crippen LogP contribution in [0.4, 0.5) is 16.2 Å². The Kier molecular flexibility index (Phi) is 7.49. The number of ether oxygens (including phenoxy) is 1. The molecule has 0 spiro atoms. The van der Waals surface area contributed by atoms with E-state index < -0.39 is 29.4 Å². The quantitative estimate of drug-likeness (QED) is 0.314. The number of nitrogens with one attached hydrogen (secondary N) is 2. The summed E-state index contributed by atoms with van der Waals surface area (Å²) in [4.78, 5) is 47.8. The fraction of sp³-hybridized carbons (Fsp3) is 0.389. The van der Waals surface area contributed by atoms with Crippen LogP contribution < -0.4 is 15.5 Å². The predicted octanol–water partition coefficient (Wildman–Crippen LogP) is 1.75. The van der Waals surface area contributed by atoms with Crippen molar-refractivity contribution in [3.8, 4) is 0 Å². The molecule has 1 saturated heterocycles. The minimum absolute atomic E-state index is 0.0450. The second-order valence-electron chi connectivity index (χ2n) is 6.13. The molecule has 10 nitrogen and oxygen atoms in total. The van der Waals surface area contributed by atoms with Crippen molar-refractivity contribution in [2.75, 3.05) is 31.1 Å². The molecule has 1 aliphatic rings. The summed E-state index contributed by atoms with van der Waals surface area (Å²) >= 11 is 0. The predicted molar refractivity (Wildman–Crippen MR) is 101 cm³/mol. The van der Waals surface area contributed by atoms with E-state index in [9.17, 15) is 24.5 Å². The van der Waals surface area contributed by atoms with Crippen LogP contribution in [-0.4, -0.2) is 49.1 Å². The lowest BCUT2D eigenvalue weighted by atomic mass is 10.1. The molecule has 2 N–H and O–H groups in total. The van der Waals surface area contributed by atoms with Crippen molar-refractivity contribution in [2.45, 2.75) is 19.3 Å². The zero-order valence-corrected chi connectivity index (χ0v) is 15.3. The molecule has 0 aromatic heterocycles. The summed E-state index contributed by atoms with van der Waals surface area (Å²) in [6.45, 7) is 4.33. The number of imide groups is 1. The monoisotopic (exact) mass is 390 g/mol. The highest BCUT2D eigenvalue weighted by atomic mass is 16.6. The first-order chi connectivity index (χ1) is 13.4. The smallest absolute Gasteiger partial charge is 0.338 e. The Morgan fingerprint density at radius 3 is 2.61 bits per heavy atom. The molecular weight excluding hydrogens is 368 g/mol. The number of piperidine rings is 1. The van der Waals surface area contributed by atoms with Crippen molar-refractivity contribution in [3.63, 3.8) is 0 Å². The van der Waals surface area contributed by atoms with Gasteiger partial charge in [-0.2, -0.15) is 0 Å². The molecule has 0 bridgehead atoms. The number of benzene rings is 1. The van der Waals surface area contributed by atoms with Gasteiger partial charge in [0.25, 0.3) is 11.6 Å². The van der Waals surface area contributed by atoms with Gasteiger partial charge in [0.2, 0.25) is 0 Å². The number of nitro groups is 1. The zero-order chi connectivity index (χ0) is 20.5. The molecule has 0 unspecified atom stereocenters. The van der Waals surface area contributed by atoms with E-state index >= 15 is 0 Å². The van der Waals surface area contributed by atoms with Crippen molar-refractivity contribution in [2.24, 2.45) is 0 Å². The minimum Gasteiger partial charge on any atom is -0.452 e. The summed E-state index contributed by atoms with van der Waals surface area (Å²) in [7, 11) is 0. The number of hydrogen-bond acceptors (Lipinski definition) is 7. The molecule has 1 aliphatic heterocycles. The highest BCUT2D eigenvalue weighted by Gasteiger charge is 2.24. The maximum absolute atomic E-state index is 12.1. The van der Waals surface area contributed by atoms with Crippen LogP contribution in [0.25, 0.3) is 0 Å². The zero-order valence-electron chi connectivity index (χ0n) is 15.3. The number of amides is 3. The van der Waals surface area contributed by atoms with Gasteiger partial charge >= 0.3 is 12.0 Å².